The maximum atomic E-state index is 10.4. The Hall–Kier alpha value is -2.37. The van der Waals surface area contributed by atoms with Crippen LogP contribution in [0.3, 0.4) is 0 Å². The summed E-state index contributed by atoms with van der Waals surface area (Å²) in [6, 6.07) is 7.28. The topological polar surface area (TPSA) is 80.0 Å². The lowest BCUT2D eigenvalue weighted by molar-refractivity contribution is -0.134. The van der Waals surface area contributed by atoms with Gasteiger partial charge in [-0.05, 0) is 18.2 Å². The average molecular weight is 218 g/mol. The first kappa shape index (κ1) is 10.2. The van der Waals surface area contributed by atoms with Gasteiger partial charge in [0, 0.05) is 5.69 Å². The second kappa shape index (κ2) is 4.43. The van der Waals surface area contributed by atoms with E-state index in [9.17, 15) is 4.79 Å². The third-order valence-corrected chi connectivity index (χ3v) is 1.98. The molecule has 1 aromatic carbocycles. The van der Waals surface area contributed by atoms with Gasteiger partial charge in [0.15, 0.2) is 0 Å². The molecule has 6 heteroatoms. The molecule has 0 atom stereocenters. The Morgan fingerprint density at radius 3 is 3.06 bits per heavy atom. The van der Waals surface area contributed by atoms with Gasteiger partial charge in [0.25, 0.3) is 0 Å². The summed E-state index contributed by atoms with van der Waals surface area (Å²) in [5.41, 5.74) is 1.56. The summed E-state index contributed by atoms with van der Waals surface area (Å²) >= 11 is 0. The van der Waals surface area contributed by atoms with Gasteiger partial charge in [0.05, 0.1) is 18.1 Å². The third-order valence-electron chi connectivity index (χ3n) is 1.98. The van der Waals surface area contributed by atoms with Crippen LogP contribution < -0.4 is 5.32 Å². The molecular formula is C10H10N4O2. The molecule has 0 unspecified atom stereocenters. The Balaban J connectivity index is 2.17. The van der Waals surface area contributed by atoms with E-state index in [0.717, 1.165) is 11.4 Å². The van der Waals surface area contributed by atoms with Crippen molar-refractivity contribution in [3.05, 3.63) is 36.7 Å². The van der Waals surface area contributed by atoms with Crippen molar-refractivity contribution in [1.29, 1.82) is 0 Å². The lowest BCUT2D eigenvalue weighted by Gasteiger charge is -2.05. The standard InChI is InChI=1S/C10H10N4O2/c15-10(16)7-11-8-2-1-3-9(6-8)14-5-4-12-13-14/h1-6,11H,7H2,(H,15,16). The molecule has 16 heavy (non-hydrogen) atoms. The zero-order valence-electron chi connectivity index (χ0n) is 8.37. The number of aromatic nitrogens is 3. The van der Waals surface area contributed by atoms with Gasteiger partial charge in [0.2, 0.25) is 0 Å². The molecule has 0 bridgehead atoms. The summed E-state index contributed by atoms with van der Waals surface area (Å²) in [5.74, 6) is -0.897. The highest BCUT2D eigenvalue weighted by molar-refractivity contribution is 5.73. The minimum Gasteiger partial charge on any atom is -0.480 e. The molecule has 0 spiro atoms. The zero-order chi connectivity index (χ0) is 11.4. The van der Waals surface area contributed by atoms with E-state index in [1.807, 2.05) is 12.1 Å². The summed E-state index contributed by atoms with van der Waals surface area (Å²) in [4.78, 5) is 10.4. The maximum Gasteiger partial charge on any atom is 0.322 e. The summed E-state index contributed by atoms with van der Waals surface area (Å²) in [6.07, 6.45) is 3.30. The SMILES string of the molecule is O=C(O)CNc1cccc(-n2ccnn2)c1. The molecule has 0 saturated carbocycles. The first-order valence-corrected chi connectivity index (χ1v) is 4.68. The molecule has 2 rings (SSSR count). The summed E-state index contributed by atoms with van der Waals surface area (Å²) in [7, 11) is 0. The van der Waals surface area contributed by atoms with Crippen molar-refractivity contribution in [1.82, 2.24) is 15.0 Å². The highest BCUT2D eigenvalue weighted by atomic mass is 16.4. The van der Waals surface area contributed by atoms with Crippen molar-refractivity contribution in [2.75, 3.05) is 11.9 Å². The predicted octanol–water partition coefficient (Wildman–Crippen LogP) is 0.764. The fourth-order valence-electron chi connectivity index (χ4n) is 1.28. The van der Waals surface area contributed by atoms with Crippen molar-refractivity contribution in [3.63, 3.8) is 0 Å². The van der Waals surface area contributed by atoms with Crippen molar-refractivity contribution < 1.29 is 9.90 Å². The fraction of sp³-hybridized carbons (Fsp3) is 0.100. The summed E-state index contributed by atoms with van der Waals surface area (Å²) < 4.78 is 1.60. The molecule has 0 aliphatic rings. The van der Waals surface area contributed by atoms with Crippen LogP contribution >= 0.6 is 0 Å². The van der Waals surface area contributed by atoms with Crippen molar-refractivity contribution in [2.45, 2.75) is 0 Å². The number of hydrogen-bond acceptors (Lipinski definition) is 4. The van der Waals surface area contributed by atoms with E-state index in [1.54, 1.807) is 29.2 Å². The first-order valence-electron chi connectivity index (χ1n) is 4.68. The summed E-state index contributed by atoms with van der Waals surface area (Å²) in [5, 5.41) is 18.9. The Labute approximate surface area is 91.5 Å². The Morgan fingerprint density at radius 2 is 2.38 bits per heavy atom. The van der Waals surface area contributed by atoms with Crippen molar-refractivity contribution >= 4 is 11.7 Å². The van der Waals surface area contributed by atoms with Gasteiger partial charge in [-0.25, -0.2) is 4.68 Å². The molecule has 82 valence electrons. The van der Waals surface area contributed by atoms with Crippen LogP contribution in [0.15, 0.2) is 36.7 Å². The second-order valence-corrected chi connectivity index (χ2v) is 3.15. The highest BCUT2D eigenvalue weighted by Gasteiger charge is 2.00. The van der Waals surface area contributed by atoms with E-state index in [-0.39, 0.29) is 6.54 Å². The predicted molar refractivity (Wildman–Crippen MR) is 57.5 cm³/mol. The Morgan fingerprint density at radius 1 is 1.50 bits per heavy atom. The number of nitrogens with one attached hydrogen (secondary N) is 1. The summed E-state index contributed by atoms with van der Waals surface area (Å²) in [6.45, 7) is -0.110. The van der Waals surface area contributed by atoms with E-state index >= 15 is 0 Å². The second-order valence-electron chi connectivity index (χ2n) is 3.15. The number of benzene rings is 1. The molecule has 0 saturated heterocycles. The van der Waals surface area contributed by atoms with E-state index in [0.29, 0.717) is 0 Å². The van der Waals surface area contributed by atoms with Crippen LogP contribution in [0.4, 0.5) is 5.69 Å². The van der Waals surface area contributed by atoms with Crippen LogP contribution in [0.2, 0.25) is 0 Å². The molecule has 0 fully saturated rings. The number of nitrogens with zero attached hydrogens (tertiary/aromatic N) is 3. The Bertz CT molecular complexity index is 481. The molecule has 0 aliphatic carbocycles. The van der Waals surface area contributed by atoms with Crippen LogP contribution in [0.1, 0.15) is 0 Å². The van der Waals surface area contributed by atoms with Crippen LogP contribution in [0.25, 0.3) is 5.69 Å². The Kier molecular flexibility index (Phi) is 2.81. The largest absolute Gasteiger partial charge is 0.480 e. The molecule has 0 aliphatic heterocycles. The molecular weight excluding hydrogens is 208 g/mol. The average Bonchev–Trinajstić information content (AvgIpc) is 2.80. The monoisotopic (exact) mass is 218 g/mol. The quantitative estimate of drug-likeness (QED) is 0.792. The van der Waals surface area contributed by atoms with Gasteiger partial charge in [-0.15, -0.1) is 5.10 Å². The van der Waals surface area contributed by atoms with Crippen molar-refractivity contribution in [2.24, 2.45) is 0 Å². The van der Waals surface area contributed by atoms with Gasteiger partial charge >= 0.3 is 5.97 Å². The smallest absolute Gasteiger partial charge is 0.322 e. The molecule has 2 aromatic rings. The molecule has 0 amide bonds. The molecule has 0 radical (unpaired) electrons. The van der Waals surface area contributed by atoms with E-state index in [4.69, 9.17) is 5.11 Å². The van der Waals surface area contributed by atoms with Gasteiger partial charge in [-0.1, -0.05) is 11.3 Å². The first-order chi connectivity index (χ1) is 7.75. The number of carbonyl (C=O) groups is 1. The van der Waals surface area contributed by atoms with Gasteiger partial charge < -0.3 is 10.4 Å². The number of carboxylic acid groups (broad SMARTS) is 1. The maximum absolute atomic E-state index is 10.4. The van der Waals surface area contributed by atoms with E-state index < -0.39 is 5.97 Å². The third kappa shape index (κ3) is 2.35. The van der Waals surface area contributed by atoms with Gasteiger partial charge in [0.1, 0.15) is 6.54 Å². The molecule has 2 N–H and O–H groups in total. The fourth-order valence-corrected chi connectivity index (χ4v) is 1.28. The molecule has 1 heterocycles. The number of aliphatic carboxylic acids is 1. The van der Waals surface area contributed by atoms with Gasteiger partial charge in [-0.3, -0.25) is 4.79 Å². The van der Waals surface area contributed by atoms with Crippen LogP contribution in [0.5, 0.6) is 0 Å². The lowest BCUT2D eigenvalue weighted by Crippen LogP contribution is -2.12. The zero-order valence-corrected chi connectivity index (χ0v) is 8.37. The number of carboxylic acids is 1. The minimum absolute atomic E-state index is 0.110. The van der Waals surface area contributed by atoms with Crippen LogP contribution in [-0.4, -0.2) is 32.6 Å². The van der Waals surface area contributed by atoms with E-state index in [2.05, 4.69) is 15.6 Å². The van der Waals surface area contributed by atoms with Crippen LogP contribution in [0, 0.1) is 0 Å². The van der Waals surface area contributed by atoms with Crippen LogP contribution in [-0.2, 0) is 4.79 Å². The highest BCUT2D eigenvalue weighted by Crippen LogP contribution is 2.12. The normalized spacial score (nSPS) is 10.0. The number of rotatable bonds is 4. The minimum atomic E-state index is -0.897. The van der Waals surface area contributed by atoms with Crippen molar-refractivity contribution in [3.8, 4) is 5.69 Å². The number of anilines is 1. The van der Waals surface area contributed by atoms with Gasteiger partial charge in [-0.2, -0.15) is 0 Å². The van der Waals surface area contributed by atoms with E-state index in [1.165, 1.54) is 0 Å². The molecule has 6 nitrogen and oxygen atoms in total. The lowest BCUT2D eigenvalue weighted by atomic mass is 10.3. The number of hydrogen-bond donors (Lipinski definition) is 2. The molecule has 1 aromatic heterocycles.